The van der Waals surface area contributed by atoms with Crippen LogP contribution in [0.2, 0.25) is 0 Å². The van der Waals surface area contributed by atoms with Crippen LogP contribution in [0.3, 0.4) is 0 Å². The lowest BCUT2D eigenvalue weighted by Gasteiger charge is -2.00. The summed E-state index contributed by atoms with van der Waals surface area (Å²) < 4.78 is 5.12. The molecule has 0 radical (unpaired) electrons. The van der Waals surface area contributed by atoms with Gasteiger partial charge in [-0.3, -0.25) is 0 Å². The Balaban J connectivity index is 2.08. The van der Waals surface area contributed by atoms with Crippen LogP contribution in [0.4, 0.5) is 0 Å². The first-order valence-electron chi connectivity index (χ1n) is 5.93. The molecule has 0 saturated carbocycles. The monoisotopic (exact) mass is 239 g/mol. The third kappa shape index (κ3) is 3.22. The highest BCUT2D eigenvalue weighted by atomic mass is 16.5. The van der Waals surface area contributed by atoms with Gasteiger partial charge in [0.25, 0.3) is 0 Å². The van der Waals surface area contributed by atoms with Crippen LogP contribution < -0.4 is 10.5 Å². The molecule has 2 heteroatoms. The van der Waals surface area contributed by atoms with Gasteiger partial charge < -0.3 is 10.5 Å². The molecule has 0 bridgehead atoms. The standard InChI is InChI=1S/C16H17NO/c1-18-16-10-8-14(9-11-16)3-2-13-4-6-15(12-17)7-5-13/h2-11H,12,17H2,1H3. The molecule has 2 rings (SSSR count). The van der Waals surface area contributed by atoms with E-state index in [1.54, 1.807) is 7.11 Å². The predicted octanol–water partition coefficient (Wildman–Crippen LogP) is 3.32. The fourth-order valence-corrected chi connectivity index (χ4v) is 1.67. The van der Waals surface area contributed by atoms with E-state index in [0.29, 0.717) is 6.54 Å². The maximum atomic E-state index is 5.56. The molecule has 0 unspecified atom stereocenters. The molecular weight excluding hydrogens is 222 g/mol. The van der Waals surface area contributed by atoms with Crippen LogP contribution in [0.25, 0.3) is 12.2 Å². The lowest BCUT2D eigenvalue weighted by atomic mass is 10.1. The van der Waals surface area contributed by atoms with E-state index in [0.717, 1.165) is 16.9 Å². The second-order valence-corrected chi connectivity index (χ2v) is 4.05. The maximum absolute atomic E-state index is 5.56. The summed E-state index contributed by atoms with van der Waals surface area (Å²) in [4.78, 5) is 0. The lowest BCUT2D eigenvalue weighted by molar-refractivity contribution is 0.415. The predicted molar refractivity (Wildman–Crippen MR) is 76.3 cm³/mol. The Kier molecular flexibility index (Phi) is 4.15. The normalized spacial score (nSPS) is 10.8. The molecule has 18 heavy (non-hydrogen) atoms. The average molecular weight is 239 g/mol. The fraction of sp³-hybridized carbons (Fsp3) is 0.125. The first-order valence-corrected chi connectivity index (χ1v) is 5.93. The highest BCUT2D eigenvalue weighted by Gasteiger charge is 1.92. The SMILES string of the molecule is COc1ccc(C=Cc2ccc(CN)cc2)cc1. The van der Waals surface area contributed by atoms with E-state index in [1.165, 1.54) is 5.56 Å². The molecule has 0 heterocycles. The maximum Gasteiger partial charge on any atom is 0.118 e. The minimum atomic E-state index is 0.586. The topological polar surface area (TPSA) is 35.2 Å². The number of methoxy groups -OCH3 is 1. The molecule has 0 aliphatic carbocycles. The van der Waals surface area contributed by atoms with Crippen LogP contribution in [0, 0.1) is 0 Å². The number of hydrogen-bond donors (Lipinski definition) is 1. The summed E-state index contributed by atoms with van der Waals surface area (Å²) in [6, 6.07) is 16.2. The molecule has 0 fully saturated rings. The van der Waals surface area contributed by atoms with Gasteiger partial charge in [0.2, 0.25) is 0 Å². The quantitative estimate of drug-likeness (QED) is 0.831. The first kappa shape index (κ1) is 12.4. The lowest BCUT2D eigenvalue weighted by Crippen LogP contribution is -1.94. The number of ether oxygens (including phenoxy) is 1. The Labute approximate surface area is 108 Å². The van der Waals surface area contributed by atoms with Crippen molar-refractivity contribution in [3.8, 4) is 5.75 Å². The second kappa shape index (κ2) is 6.03. The summed E-state index contributed by atoms with van der Waals surface area (Å²) in [5.74, 6) is 0.874. The van der Waals surface area contributed by atoms with E-state index in [4.69, 9.17) is 10.5 Å². The van der Waals surface area contributed by atoms with Crippen molar-refractivity contribution in [3.05, 3.63) is 65.2 Å². The first-order chi connectivity index (χ1) is 8.81. The van der Waals surface area contributed by atoms with Crippen LogP contribution in [-0.4, -0.2) is 7.11 Å². The molecule has 0 atom stereocenters. The Morgan fingerprint density at radius 3 is 1.83 bits per heavy atom. The molecule has 0 saturated heterocycles. The van der Waals surface area contributed by atoms with E-state index in [1.807, 2.05) is 36.4 Å². The molecule has 2 N–H and O–H groups in total. The van der Waals surface area contributed by atoms with Gasteiger partial charge in [0, 0.05) is 6.54 Å². The zero-order valence-electron chi connectivity index (χ0n) is 10.5. The molecule has 92 valence electrons. The van der Waals surface area contributed by atoms with E-state index in [2.05, 4.69) is 24.3 Å². The summed E-state index contributed by atoms with van der Waals surface area (Å²) in [6.45, 7) is 0.586. The molecule has 0 aliphatic rings. The molecule has 0 spiro atoms. The molecule has 2 nitrogen and oxygen atoms in total. The van der Waals surface area contributed by atoms with Gasteiger partial charge in [-0.05, 0) is 28.8 Å². The van der Waals surface area contributed by atoms with E-state index in [9.17, 15) is 0 Å². The minimum Gasteiger partial charge on any atom is -0.497 e. The third-order valence-corrected chi connectivity index (χ3v) is 2.80. The van der Waals surface area contributed by atoms with Crippen LogP contribution >= 0.6 is 0 Å². The van der Waals surface area contributed by atoms with Crippen molar-refractivity contribution in [2.24, 2.45) is 5.73 Å². The van der Waals surface area contributed by atoms with E-state index in [-0.39, 0.29) is 0 Å². The van der Waals surface area contributed by atoms with Gasteiger partial charge in [-0.1, -0.05) is 48.6 Å². The Morgan fingerprint density at radius 1 is 0.889 bits per heavy atom. The van der Waals surface area contributed by atoms with Gasteiger partial charge >= 0.3 is 0 Å². The van der Waals surface area contributed by atoms with E-state index < -0.39 is 0 Å². The van der Waals surface area contributed by atoms with Crippen molar-refractivity contribution >= 4 is 12.2 Å². The summed E-state index contributed by atoms with van der Waals surface area (Å²) in [7, 11) is 1.67. The summed E-state index contributed by atoms with van der Waals surface area (Å²) in [5.41, 5.74) is 9.03. The average Bonchev–Trinajstić information content (AvgIpc) is 2.46. The zero-order chi connectivity index (χ0) is 12.8. The Morgan fingerprint density at radius 2 is 1.39 bits per heavy atom. The third-order valence-electron chi connectivity index (χ3n) is 2.80. The van der Waals surface area contributed by atoms with Crippen molar-refractivity contribution in [3.63, 3.8) is 0 Å². The number of nitrogens with two attached hydrogens (primary N) is 1. The van der Waals surface area contributed by atoms with Crippen molar-refractivity contribution in [1.82, 2.24) is 0 Å². The smallest absolute Gasteiger partial charge is 0.118 e. The van der Waals surface area contributed by atoms with Gasteiger partial charge in [-0.2, -0.15) is 0 Å². The van der Waals surface area contributed by atoms with Crippen molar-refractivity contribution in [2.45, 2.75) is 6.54 Å². The number of rotatable bonds is 4. The molecule has 0 amide bonds. The van der Waals surface area contributed by atoms with Crippen molar-refractivity contribution < 1.29 is 4.74 Å². The zero-order valence-corrected chi connectivity index (χ0v) is 10.5. The molecular formula is C16H17NO. The summed E-state index contributed by atoms with van der Waals surface area (Å²) >= 11 is 0. The van der Waals surface area contributed by atoms with Crippen LogP contribution in [-0.2, 0) is 6.54 Å². The van der Waals surface area contributed by atoms with Crippen LogP contribution in [0.15, 0.2) is 48.5 Å². The molecule has 0 aliphatic heterocycles. The molecule has 2 aromatic rings. The highest BCUT2D eigenvalue weighted by Crippen LogP contribution is 2.14. The van der Waals surface area contributed by atoms with E-state index >= 15 is 0 Å². The number of hydrogen-bond acceptors (Lipinski definition) is 2. The molecule has 0 aromatic heterocycles. The van der Waals surface area contributed by atoms with Gasteiger partial charge in [0.05, 0.1) is 7.11 Å². The fourth-order valence-electron chi connectivity index (χ4n) is 1.67. The summed E-state index contributed by atoms with van der Waals surface area (Å²) in [6.07, 6.45) is 4.17. The number of benzene rings is 2. The second-order valence-electron chi connectivity index (χ2n) is 4.05. The highest BCUT2D eigenvalue weighted by molar-refractivity contribution is 5.69. The van der Waals surface area contributed by atoms with Crippen molar-refractivity contribution in [2.75, 3.05) is 7.11 Å². The van der Waals surface area contributed by atoms with Gasteiger partial charge in [0.15, 0.2) is 0 Å². The van der Waals surface area contributed by atoms with Crippen LogP contribution in [0.1, 0.15) is 16.7 Å². The Hall–Kier alpha value is -2.06. The minimum absolute atomic E-state index is 0.586. The van der Waals surface area contributed by atoms with Crippen molar-refractivity contribution in [1.29, 1.82) is 0 Å². The van der Waals surface area contributed by atoms with Gasteiger partial charge in [0.1, 0.15) is 5.75 Å². The Bertz CT molecular complexity index is 462. The van der Waals surface area contributed by atoms with Gasteiger partial charge in [-0.15, -0.1) is 0 Å². The summed E-state index contributed by atoms with van der Waals surface area (Å²) in [5, 5.41) is 0. The van der Waals surface area contributed by atoms with Gasteiger partial charge in [-0.25, -0.2) is 0 Å². The molecule has 2 aromatic carbocycles. The van der Waals surface area contributed by atoms with Crippen LogP contribution in [0.5, 0.6) is 5.75 Å². The largest absolute Gasteiger partial charge is 0.497 e.